The summed E-state index contributed by atoms with van der Waals surface area (Å²) in [5.41, 5.74) is 5.43. The molecule has 0 aliphatic heterocycles. The minimum Gasteiger partial charge on any atom is -0.368 e. The van der Waals surface area contributed by atoms with Gasteiger partial charge >= 0.3 is 0 Å². The van der Waals surface area contributed by atoms with Crippen molar-refractivity contribution in [2.24, 2.45) is 0 Å². The molecule has 7 nitrogen and oxygen atoms in total. The number of hydrogen-bond donors (Lipinski definition) is 3. The van der Waals surface area contributed by atoms with Crippen molar-refractivity contribution in [1.82, 2.24) is 25.1 Å². The van der Waals surface area contributed by atoms with Gasteiger partial charge in [0.25, 0.3) is 0 Å². The van der Waals surface area contributed by atoms with Gasteiger partial charge in [0.05, 0.1) is 6.54 Å². The molecule has 0 atom stereocenters. The summed E-state index contributed by atoms with van der Waals surface area (Å²) in [5.74, 6) is 1.37. The highest BCUT2D eigenvalue weighted by molar-refractivity contribution is 6.29. The molecule has 0 amide bonds. The van der Waals surface area contributed by atoms with E-state index < -0.39 is 0 Å². The quantitative estimate of drug-likeness (QED) is 0.655. The Labute approximate surface area is 90.1 Å². The maximum absolute atomic E-state index is 5.70. The molecule has 0 aliphatic rings. The van der Waals surface area contributed by atoms with Crippen LogP contribution in [0.25, 0.3) is 0 Å². The Morgan fingerprint density at radius 3 is 3.00 bits per heavy atom. The summed E-state index contributed by atoms with van der Waals surface area (Å²) in [6, 6.07) is 1.58. The van der Waals surface area contributed by atoms with Crippen molar-refractivity contribution in [3.8, 4) is 0 Å². The van der Waals surface area contributed by atoms with E-state index in [-0.39, 0.29) is 5.95 Å². The van der Waals surface area contributed by atoms with E-state index in [9.17, 15) is 0 Å². The molecule has 0 bridgehead atoms. The van der Waals surface area contributed by atoms with Crippen molar-refractivity contribution in [2.75, 3.05) is 11.1 Å². The van der Waals surface area contributed by atoms with Gasteiger partial charge in [-0.15, -0.1) is 0 Å². The molecule has 8 heteroatoms. The Morgan fingerprint density at radius 2 is 2.33 bits per heavy atom. The van der Waals surface area contributed by atoms with Crippen molar-refractivity contribution in [3.63, 3.8) is 0 Å². The number of nitrogen functional groups attached to an aromatic ring is 1. The number of H-pyrrole nitrogens is 1. The van der Waals surface area contributed by atoms with Crippen LogP contribution >= 0.6 is 11.6 Å². The molecule has 4 N–H and O–H groups in total. The van der Waals surface area contributed by atoms with Gasteiger partial charge < -0.3 is 11.1 Å². The molecule has 0 saturated heterocycles. The van der Waals surface area contributed by atoms with Crippen LogP contribution in [0.5, 0.6) is 0 Å². The third kappa shape index (κ3) is 2.53. The number of anilines is 2. The maximum Gasteiger partial charge on any atom is 0.223 e. The highest BCUT2D eigenvalue weighted by Gasteiger charge is 2.01. The fraction of sp³-hybridized carbons (Fsp3) is 0.143. The fourth-order valence-corrected chi connectivity index (χ4v) is 1.21. The van der Waals surface area contributed by atoms with Gasteiger partial charge in [-0.1, -0.05) is 11.6 Å². The molecular weight excluding hydrogens is 218 g/mol. The third-order valence-corrected chi connectivity index (χ3v) is 1.81. The van der Waals surface area contributed by atoms with E-state index in [1.807, 2.05) is 0 Å². The first-order valence-corrected chi connectivity index (χ1v) is 4.50. The van der Waals surface area contributed by atoms with E-state index >= 15 is 0 Å². The predicted octanol–water partition coefficient (Wildman–Crippen LogP) is 0.442. The highest BCUT2D eigenvalue weighted by atomic mass is 35.5. The first-order valence-electron chi connectivity index (χ1n) is 4.12. The van der Waals surface area contributed by atoms with Crippen LogP contribution in [-0.4, -0.2) is 25.1 Å². The molecule has 2 heterocycles. The predicted molar refractivity (Wildman–Crippen MR) is 55.2 cm³/mol. The minimum absolute atomic E-state index is 0.127. The Kier molecular flexibility index (Phi) is 2.64. The van der Waals surface area contributed by atoms with E-state index in [1.54, 1.807) is 6.07 Å². The van der Waals surface area contributed by atoms with Crippen LogP contribution in [0.3, 0.4) is 0 Å². The van der Waals surface area contributed by atoms with Crippen molar-refractivity contribution >= 4 is 23.4 Å². The van der Waals surface area contributed by atoms with Gasteiger partial charge in [-0.25, -0.2) is 9.97 Å². The minimum atomic E-state index is 0.127. The van der Waals surface area contributed by atoms with Crippen LogP contribution in [0.1, 0.15) is 5.82 Å². The number of aromatic amines is 1. The number of hydrogen-bond acceptors (Lipinski definition) is 6. The zero-order chi connectivity index (χ0) is 10.7. The maximum atomic E-state index is 5.70. The summed E-state index contributed by atoms with van der Waals surface area (Å²) in [6.45, 7) is 0.465. The SMILES string of the molecule is Nc1nc(Cl)cc(NCc2ncn[nH]2)n1. The average Bonchev–Trinajstić information content (AvgIpc) is 2.65. The Balaban J connectivity index is 2.05. The molecule has 0 fully saturated rings. The van der Waals surface area contributed by atoms with Crippen molar-refractivity contribution in [3.05, 3.63) is 23.4 Å². The number of halogens is 1. The number of nitrogens with zero attached hydrogens (tertiary/aromatic N) is 4. The summed E-state index contributed by atoms with van der Waals surface area (Å²) < 4.78 is 0. The molecule has 78 valence electrons. The zero-order valence-corrected chi connectivity index (χ0v) is 8.36. The largest absolute Gasteiger partial charge is 0.368 e. The molecule has 0 spiro atoms. The molecule has 2 rings (SSSR count). The number of nitrogens with one attached hydrogen (secondary N) is 2. The van der Waals surface area contributed by atoms with Gasteiger partial charge in [-0.05, 0) is 0 Å². The van der Waals surface area contributed by atoms with Crippen molar-refractivity contribution in [1.29, 1.82) is 0 Å². The lowest BCUT2D eigenvalue weighted by molar-refractivity contribution is 0.946. The molecule has 0 unspecified atom stereocenters. The second kappa shape index (κ2) is 4.09. The zero-order valence-electron chi connectivity index (χ0n) is 7.61. The number of rotatable bonds is 3. The Morgan fingerprint density at radius 1 is 1.47 bits per heavy atom. The van der Waals surface area contributed by atoms with Crippen LogP contribution in [-0.2, 0) is 6.54 Å². The molecular formula is C7H8ClN7. The molecule has 0 saturated carbocycles. The smallest absolute Gasteiger partial charge is 0.223 e. The highest BCUT2D eigenvalue weighted by Crippen LogP contribution is 2.12. The van der Waals surface area contributed by atoms with E-state index in [4.69, 9.17) is 17.3 Å². The Hall–Kier alpha value is -1.89. The van der Waals surface area contributed by atoms with Crippen LogP contribution < -0.4 is 11.1 Å². The second-order valence-corrected chi connectivity index (χ2v) is 3.11. The summed E-state index contributed by atoms with van der Waals surface area (Å²) in [5, 5.41) is 9.69. The van der Waals surface area contributed by atoms with Crippen LogP contribution in [0, 0.1) is 0 Å². The molecule has 2 aromatic heterocycles. The van der Waals surface area contributed by atoms with Crippen molar-refractivity contribution < 1.29 is 0 Å². The van der Waals surface area contributed by atoms with E-state index in [2.05, 4.69) is 30.5 Å². The van der Waals surface area contributed by atoms with Gasteiger partial charge in [0, 0.05) is 6.07 Å². The lowest BCUT2D eigenvalue weighted by Gasteiger charge is -2.03. The van der Waals surface area contributed by atoms with Crippen molar-refractivity contribution in [2.45, 2.75) is 6.54 Å². The van der Waals surface area contributed by atoms with Crippen LogP contribution in [0.15, 0.2) is 12.4 Å². The normalized spacial score (nSPS) is 10.2. The van der Waals surface area contributed by atoms with Crippen LogP contribution in [0.2, 0.25) is 5.15 Å². The van der Waals surface area contributed by atoms with Gasteiger partial charge in [-0.3, -0.25) is 5.10 Å². The number of aromatic nitrogens is 5. The lowest BCUT2D eigenvalue weighted by Crippen LogP contribution is -2.05. The van der Waals surface area contributed by atoms with E-state index in [0.717, 1.165) is 0 Å². The van der Waals surface area contributed by atoms with Gasteiger partial charge in [0.15, 0.2) is 0 Å². The molecule has 2 aromatic rings. The van der Waals surface area contributed by atoms with E-state index in [0.29, 0.717) is 23.3 Å². The average molecular weight is 226 g/mol. The third-order valence-electron chi connectivity index (χ3n) is 1.61. The summed E-state index contributed by atoms with van der Waals surface area (Å²) >= 11 is 5.70. The monoisotopic (exact) mass is 225 g/mol. The second-order valence-electron chi connectivity index (χ2n) is 2.72. The molecule has 15 heavy (non-hydrogen) atoms. The molecule has 0 radical (unpaired) electrons. The van der Waals surface area contributed by atoms with Gasteiger partial charge in [0.2, 0.25) is 5.95 Å². The summed E-state index contributed by atoms with van der Waals surface area (Å²) in [4.78, 5) is 11.6. The van der Waals surface area contributed by atoms with Crippen LogP contribution in [0.4, 0.5) is 11.8 Å². The van der Waals surface area contributed by atoms with E-state index in [1.165, 1.54) is 6.33 Å². The first kappa shape index (κ1) is 9.66. The summed E-state index contributed by atoms with van der Waals surface area (Å²) in [7, 11) is 0. The Bertz CT molecular complexity index is 420. The molecule has 0 aliphatic carbocycles. The first-order chi connectivity index (χ1) is 7.24. The summed E-state index contributed by atoms with van der Waals surface area (Å²) in [6.07, 6.45) is 1.43. The number of nitrogens with two attached hydrogens (primary N) is 1. The topological polar surface area (TPSA) is 105 Å². The fourth-order valence-electron chi connectivity index (χ4n) is 1.02. The standard InChI is InChI=1S/C7H8ClN7/c8-4-1-5(14-7(9)13-4)10-2-6-11-3-12-15-6/h1,3H,2H2,(H,11,12,15)(H3,9,10,13,14). The molecule has 0 aromatic carbocycles. The lowest BCUT2D eigenvalue weighted by atomic mass is 10.5. The van der Waals surface area contributed by atoms with Gasteiger partial charge in [0.1, 0.15) is 23.1 Å². The van der Waals surface area contributed by atoms with Gasteiger partial charge in [-0.2, -0.15) is 10.1 Å².